The van der Waals surface area contributed by atoms with E-state index in [4.69, 9.17) is 0 Å². The summed E-state index contributed by atoms with van der Waals surface area (Å²) in [5.74, 6) is -0.879. The van der Waals surface area contributed by atoms with Crippen molar-refractivity contribution < 1.29 is 28.0 Å². The van der Waals surface area contributed by atoms with Crippen molar-refractivity contribution in [1.82, 2.24) is 0 Å². The zero-order valence-electron chi connectivity index (χ0n) is 11.3. The summed E-state index contributed by atoms with van der Waals surface area (Å²) in [4.78, 5) is 18.5. The molecule has 0 aromatic rings. The zero-order valence-corrected chi connectivity index (χ0v) is 17.1. The first kappa shape index (κ1) is 24.3. The van der Waals surface area contributed by atoms with Gasteiger partial charge in [-0.15, -0.1) is 0 Å². The van der Waals surface area contributed by atoms with E-state index in [-0.39, 0.29) is 59.1 Å². The van der Waals surface area contributed by atoms with Crippen LogP contribution in [0, 0.1) is 0 Å². The first-order valence-corrected chi connectivity index (χ1v) is 8.07. The van der Waals surface area contributed by atoms with Gasteiger partial charge in [-0.3, -0.25) is 9.13 Å². The van der Waals surface area contributed by atoms with Gasteiger partial charge >= 0.3 is 15.2 Å². The summed E-state index contributed by atoms with van der Waals surface area (Å²) in [6.45, 7) is 6.26. The molecule has 0 saturated heterocycles. The molecule has 17 heavy (non-hydrogen) atoms. The van der Waals surface area contributed by atoms with Crippen molar-refractivity contribution in [3.63, 3.8) is 0 Å². The summed E-state index contributed by atoms with van der Waals surface area (Å²) in [6.07, 6.45) is -0.972. The number of rotatable bonds is 6. The fourth-order valence-electron chi connectivity index (χ4n) is 0.951. The molecule has 0 amide bonds. The summed E-state index contributed by atoms with van der Waals surface area (Å²) < 4.78 is 32.0. The van der Waals surface area contributed by atoms with E-state index in [0.29, 0.717) is 0 Å². The van der Waals surface area contributed by atoms with Gasteiger partial charge in [0.25, 0.3) is 0 Å². The van der Waals surface area contributed by atoms with Crippen LogP contribution in [0.15, 0.2) is 0 Å². The molecule has 2 atom stereocenters. The summed E-state index contributed by atoms with van der Waals surface area (Å²) in [7, 11) is -8.13. The van der Waals surface area contributed by atoms with Gasteiger partial charge in [-0.1, -0.05) is 0 Å². The van der Waals surface area contributed by atoms with Crippen molar-refractivity contribution in [3.05, 3.63) is 0 Å². The Labute approximate surface area is 146 Å². The van der Waals surface area contributed by atoms with Crippen LogP contribution in [0.2, 0.25) is 0 Å². The van der Waals surface area contributed by atoms with Crippen molar-refractivity contribution in [2.45, 2.75) is 39.9 Å². The minimum atomic E-state index is -4.06. The predicted octanol–water partition coefficient (Wildman–Crippen LogP) is 1.40. The molecular formula is C7H18Na2O6P2. The van der Waals surface area contributed by atoms with Gasteiger partial charge in [-0.05, 0) is 27.7 Å². The molecular weight excluding hydrogens is 288 g/mol. The van der Waals surface area contributed by atoms with Gasteiger partial charge in [0.15, 0.2) is 5.90 Å². The van der Waals surface area contributed by atoms with Gasteiger partial charge in [-0.2, -0.15) is 0 Å². The van der Waals surface area contributed by atoms with Crippen LogP contribution < -0.4 is 0 Å². The second-order valence-corrected chi connectivity index (χ2v) is 7.83. The Hall–Kier alpha value is 2.30. The molecule has 0 fully saturated rings. The Kier molecular flexibility index (Phi) is 14.4. The summed E-state index contributed by atoms with van der Waals surface area (Å²) in [5.41, 5.74) is 0. The van der Waals surface area contributed by atoms with Crippen LogP contribution in [-0.4, -0.2) is 87.0 Å². The largest absolute Gasteiger partial charge is 0.340 e. The topological polar surface area (TPSA) is 93.1 Å². The molecule has 2 radical (unpaired) electrons. The summed E-state index contributed by atoms with van der Waals surface area (Å²) in [5, 5.41) is 0. The quantitative estimate of drug-likeness (QED) is 0.569. The van der Waals surface area contributed by atoms with E-state index in [1.807, 2.05) is 0 Å². The minimum Gasteiger partial charge on any atom is -0.324 e. The molecule has 0 saturated carbocycles. The molecule has 0 rings (SSSR count). The third-order valence-electron chi connectivity index (χ3n) is 1.11. The van der Waals surface area contributed by atoms with Crippen molar-refractivity contribution in [3.8, 4) is 0 Å². The average molecular weight is 306 g/mol. The average Bonchev–Trinajstić information content (AvgIpc) is 1.73. The van der Waals surface area contributed by atoms with Crippen molar-refractivity contribution in [2.75, 3.05) is 5.90 Å². The Bertz CT molecular complexity index is 268. The van der Waals surface area contributed by atoms with Crippen LogP contribution in [0.1, 0.15) is 27.7 Å². The summed E-state index contributed by atoms with van der Waals surface area (Å²) in [6, 6.07) is 0. The molecule has 0 bridgehead atoms. The van der Waals surface area contributed by atoms with Crippen LogP contribution in [0.4, 0.5) is 0 Å². The zero-order chi connectivity index (χ0) is 12.3. The Morgan fingerprint density at radius 1 is 0.882 bits per heavy atom. The molecule has 0 heterocycles. The Morgan fingerprint density at radius 3 is 1.29 bits per heavy atom. The van der Waals surface area contributed by atoms with E-state index in [0.717, 1.165) is 0 Å². The van der Waals surface area contributed by atoms with E-state index >= 15 is 0 Å². The van der Waals surface area contributed by atoms with Gasteiger partial charge < -0.3 is 18.8 Å². The molecule has 0 aromatic heterocycles. The van der Waals surface area contributed by atoms with Crippen LogP contribution in [0.25, 0.3) is 0 Å². The van der Waals surface area contributed by atoms with E-state index in [9.17, 15) is 18.9 Å². The smallest absolute Gasteiger partial charge is 0.324 e. The first-order valence-electron chi connectivity index (χ1n) is 4.54. The van der Waals surface area contributed by atoms with E-state index < -0.39 is 33.3 Å². The maximum atomic E-state index is 11.3. The number of hydrogen-bond donors (Lipinski definition) is 2. The van der Waals surface area contributed by atoms with Gasteiger partial charge in [0.05, 0.1) is 12.2 Å². The maximum Gasteiger partial charge on any atom is 0.340 e. The van der Waals surface area contributed by atoms with Crippen molar-refractivity contribution in [2.24, 2.45) is 0 Å². The van der Waals surface area contributed by atoms with Crippen LogP contribution >= 0.6 is 15.2 Å². The standard InChI is InChI=1S/C7H18O6P2.2Na/c1-6(2)12-14(8,9)5-15(10,11)13-7(3)4;;/h6-7H,5H2,1-4H3,(H,8,9)(H,10,11);;. The Balaban J connectivity index is -0.000000980. The molecule has 2 unspecified atom stereocenters. The summed E-state index contributed by atoms with van der Waals surface area (Å²) >= 11 is 0. The third-order valence-corrected chi connectivity index (χ3v) is 5.47. The first-order chi connectivity index (χ1) is 6.54. The maximum absolute atomic E-state index is 11.3. The van der Waals surface area contributed by atoms with Gasteiger partial charge in [0, 0.05) is 59.1 Å². The minimum absolute atomic E-state index is 0. The predicted molar refractivity (Wildman–Crippen MR) is 68.5 cm³/mol. The van der Waals surface area contributed by atoms with Crippen LogP contribution in [0.3, 0.4) is 0 Å². The normalized spacial score (nSPS) is 17.9. The van der Waals surface area contributed by atoms with Crippen molar-refractivity contribution in [1.29, 1.82) is 0 Å². The molecule has 10 heteroatoms. The molecule has 0 aliphatic carbocycles. The second-order valence-electron chi connectivity index (χ2n) is 3.72. The molecule has 0 aliphatic rings. The van der Waals surface area contributed by atoms with Crippen molar-refractivity contribution >= 4 is 74.3 Å². The molecule has 94 valence electrons. The van der Waals surface area contributed by atoms with Gasteiger partial charge in [0.2, 0.25) is 0 Å². The van der Waals surface area contributed by atoms with Crippen LogP contribution in [0.5, 0.6) is 0 Å². The van der Waals surface area contributed by atoms with E-state index in [2.05, 4.69) is 9.05 Å². The molecule has 0 aromatic carbocycles. The molecule has 0 aliphatic heterocycles. The second kappa shape index (κ2) is 10.1. The molecule has 6 nitrogen and oxygen atoms in total. The van der Waals surface area contributed by atoms with Crippen LogP contribution in [-0.2, 0) is 18.2 Å². The van der Waals surface area contributed by atoms with Gasteiger partial charge in [0.1, 0.15) is 0 Å². The third kappa shape index (κ3) is 14.5. The monoisotopic (exact) mass is 306 g/mol. The van der Waals surface area contributed by atoms with Gasteiger partial charge in [-0.25, -0.2) is 0 Å². The van der Waals surface area contributed by atoms with E-state index in [1.54, 1.807) is 27.7 Å². The Morgan fingerprint density at radius 2 is 1.12 bits per heavy atom. The number of hydrogen-bond acceptors (Lipinski definition) is 4. The van der Waals surface area contributed by atoms with E-state index in [1.165, 1.54) is 0 Å². The SMILES string of the molecule is CC(C)OP(=O)(O)CP(=O)(O)OC(C)C.[Na].[Na]. The molecule has 0 spiro atoms. The fraction of sp³-hybridized carbons (Fsp3) is 1.00. The fourth-order valence-corrected chi connectivity index (χ4v) is 4.61. The molecule has 2 N–H and O–H groups in total.